The molecular formula is C12H15FN2O. The minimum absolute atomic E-state index is 0.0712. The molecule has 0 saturated heterocycles. The van der Waals surface area contributed by atoms with E-state index in [4.69, 9.17) is 4.74 Å². The number of ether oxygens (including phenoxy) is 1. The molecule has 0 N–H and O–H groups in total. The van der Waals surface area contributed by atoms with Gasteiger partial charge in [-0.1, -0.05) is 20.8 Å². The van der Waals surface area contributed by atoms with Crippen LogP contribution in [0.3, 0.4) is 0 Å². The fraction of sp³-hybridized carbons (Fsp3) is 0.500. The second-order valence-electron chi connectivity index (χ2n) is 4.99. The van der Waals surface area contributed by atoms with Crippen molar-refractivity contribution in [1.82, 2.24) is 4.98 Å². The van der Waals surface area contributed by atoms with Crippen LogP contribution >= 0.6 is 0 Å². The Labute approximate surface area is 94.4 Å². The molecule has 2 heterocycles. The Balaban J connectivity index is 2.21. The number of pyridine rings is 1. The van der Waals surface area contributed by atoms with Gasteiger partial charge in [0.2, 0.25) is 5.90 Å². The quantitative estimate of drug-likeness (QED) is 0.731. The number of aliphatic imine (C=N–C) groups is 1. The van der Waals surface area contributed by atoms with Crippen LogP contribution < -0.4 is 0 Å². The second-order valence-corrected chi connectivity index (χ2v) is 4.99. The predicted molar refractivity (Wildman–Crippen MR) is 59.9 cm³/mol. The lowest BCUT2D eigenvalue weighted by Gasteiger charge is -2.21. The maximum atomic E-state index is 12.7. The van der Waals surface area contributed by atoms with Crippen LogP contribution in [-0.4, -0.2) is 23.5 Å². The molecule has 2 rings (SSSR count). The summed E-state index contributed by atoms with van der Waals surface area (Å²) < 4.78 is 18.2. The van der Waals surface area contributed by atoms with Gasteiger partial charge in [-0.25, -0.2) is 14.4 Å². The van der Waals surface area contributed by atoms with Crippen molar-refractivity contribution in [1.29, 1.82) is 0 Å². The van der Waals surface area contributed by atoms with Crippen LogP contribution in [0.5, 0.6) is 0 Å². The Hall–Kier alpha value is -1.45. The molecule has 0 fully saturated rings. The van der Waals surface area contributed by atoms with Gasteiger partial charge in [-0.05, 0) is 17.5 Å². The normalized spacial score (nSPS) is 20.5. The maximum absolute atomic E-state index is 12.7. The molecule has 3 nitrogen and oxygen atoms in total. The summed E-state index contributed by atoms with van der Waals surface area (Å²) in [5.41, 5.74) is 0.662. The first kappa shape index (κ1) is 11.0. The molecule has 4 heteroatoms. The van der Waals surface area contributed by atoms with Gasteiger partial charge in [0.15, 0.2) is 0 Å². The molecule has 1 aliphatic rings. The Morgan fingerprint density at radius 1 is 1.38 bits per heavy atom. The summed E-state index contributed by atoms with van der Waals surface area (Å²) in [6.07, 6.45) is 1.17. The Morgan fingerprint density at radius 3 is 2.62 bits per heavy atom. The molecule has 1 aromatic rings. The third-order valence-electron chi connectivity index (χ3n) is 2.60. The van der Waals surface area contributed by atoms with Crippen LogP contribution in [0.1, 0.15) is 26.5 Å². The van der Waals surface area contributed by atoms with Crippen molar-refractivity contribution in [3.05, 3.63) is 29.8 Å². The molecule has 0 bridgehead atoms. The van der Waals surface area contributed by atoms with E-state index < -0.39 is 0 Å². The van der Waals surface area contributed by atoms with Gasteiger partial charge in [0.25, 0.3) is 0 Å². The van der Waals surface area contributed by atoms with Crippen molar-refractivity contribution in [2.45, 2.75) is 26.8 Å². The highest BCUT2D eigenvalue weighted by molar-refractivity contribution is 5.93. The molecule has 16 heavy (non-hydrogen) atoms. The molecule has 1 aromatic heterocycles. The molecule has 0 spiro atoms. The van der Waals surface area contributed by atoms with E-state index in [0.29, 0.717) is 18.2 Å². The number of nitrogens with zero attached hydrogens (tertiary/aromatic N) is 2. The van der Waals surface area contributed by atoms with E-state index in [0.717, 1.165) is 0 Å². The average Bonchev–Trinajstić information content (AvgIpc) is 2.67. The van der Waals surface area contributed by atoms with E-state index in [1.165, 1.54) is 12.3 Å². The van der Waals surface area contributed by atoms with E-state index in [1.807, 2.05) is 0 Å². The molecule has 86 valence electrons. The van der Waals surface area contributed by atoms with Gasteiger partial charge in [-0.15, -0.1) is 0 Å². The van der Waals surface area contributed by atoms with Crippen LogP contribution in [-0.2, 0) is 4.74 Å². The Kier molecular flexibility index (Phi) is 2.66. The molecule has 0 amide bonds. The van der Waals surface area contributed by atoms with Gasteiger partial charge in [0.05, 0.1) is 12.2 Å². The topological polar surface area (TPSA) is 34.5 Å². The molecule has 0 saturated carbocycles. The number of rotatable bonds is 1. The third-order valence-corrected chi connectivity index (χ3v) is 2.60. The monoisotopic (exact) mass is 222 g/mol. The predicted octanol–water partition coefficient (Wildman–Crippen LogP) is 2.41. The summed E-state index contributed by atoms with van der Waals surface area (Å²) in [6, 6.07) is 3.08. The van der Waals surface area contributed by atoms with Crippen LogP contribution in [0.25, 0.3) is 0 Å². The lowest BCUT2D eigenvalue weighted by molar-refractivity contribution is 0.235. The third kappa shape index (κ3) is 2.21. The number of aromatic nitrogens is 1. The molecule has 0 aliphatic carbocycles. The number of halogens is 1. The zero-order valence-corrected chi connectivity index (χ0v) is 9.70. The minimum atomic E-state index is -0.352. The van der Waals surface area contributed by atoms with Crippen molar-refractivity contribution in [2.24, 2.45) is 10.4 Å². The Morgan fingerprint density at radius 2 is 2.12 bits per heavy atom. The minimum Gasteiger partial charge on any atom is -0.474 e. The van der Waals surface area contributed by atoms with E-state index in [1.54, 1.807) is 6.07 Å². The van der Waals surface area contributed by atoms with E-state index in [-0.39, 0.29) is 17.3 Å². The van der Waals surface area contributed by atoms with Gasteiger partial charge in [-0.3, -0.25) is 0 Å². The van der Waals surface area contributed by atoms with Crippen molar-refractivity contribution in [2.75, 3.05) is 6.61 Å². The van der Waals surface area contributed by atoms with Gasteiger partial charge in [0, 0.05) is 0 Å². The molecule has 1 unspecified atom stereocenters. The molecule has 0 aromatic carbocycles. The summed E-state index contributed by atoms with van der Waals surface area (Å²) in [6.45, 7) is 6.92. The fourth-order valence-electron chi connectivity index (χ4n) is 1.46. The van der Waals surface area contributed by atoms with Gasteiger partial charge in [-0.2, -0.15) is 0 Å². The maximum Gasteiger partial charge on any atom is 0.235 e. The largest absolute Gasteiger partial charge is 0.474 e. The SMILES string of the molecule is CC(C)(C)C1COC(c2ccc(F)cn2)=N1. The summed E-state index contributed by atoms with van der Waals surface area (Å²) >= 11 is 0. The van der Waals surface area contributed by atoms with Crippen LogP contribution in [0.15, 0.2) is 23.3 Å². The van der Waals surface area contributed by atoms with E-state index in [2.05, 4.69) is 30.7 Å². The second kappa shape index (κ2) is 3.85. The highest BCUT2D eigenvalue weighted by Gasteiger charge is 2.30. The lowest BCUT2D eigenvalue weighted by Crippen LogP contribution is -2.25. The summed E-state index contributed by atoms with van der Waals surface area (Å²) in [5.74, 6) is 0.162. The summed E-state index contributed by atoms with van der Waals surface area (Å²) in [7, 11) is 0. The lowest BCUT2D eigenvalue weighted by atomic mass is 9.88. The first-order chi connectivity index (χ1) is 7.47. The highest BCUT2D eigenvalue weighted by atomic mass is 19.1. The first-order valence-corrected chi connectivity index (χ1v) is 5.29. The average molecular weight is 222 g/mol. The van der Waals surface area contributed by atoms with E-state index in [9.17, 15) is 4.39 Å². The van der Waals surface area contributed by atoms with Crippen molar-refractivity contribution >= 4 is 5.90 Å². The molecule has 0 radical (unpaired) electrons. The molecule has 1 aliphatic heterocycles. The van der Waals surface area contributed by atoms with Gasteiger partial charge < -0.3 is 4.74 Å². The van der Waals surface area contributed by atoms with Gasteiger partial charge >= 0.3 is 0 Å². The highest BCUT2D eigenvalue weighted by Crippen LogP contribution is 2.26. The Bertz CT molecular complexity index is 406. The van der Waals surface area contributed by atoms with Crippen LogP contribution in [0, 0.1) is 11.2 Å². The number of hydrogen-bond acceptors (Lipinski definition) is 3. The zero-order chi connectivity index (χ0) is 11.8. The van der Waals surface area contributed by atoms with Crippen molar-refractivity contribution in [3.8, 4) is 0 Å². The van der Waals surface area contributed by atoms with E-state index >= 15 is 0 Å². The molecular weight excluding hydrogens is 207 g/mol. The van der Waals surface area contributed by atoms with Crippen molar-refractivity contribution < 1.29 is 9.13 Å². The number of hydrogen-bond donors (Lipinski definition) is 0. The van der Waals surface area contributed by atoms with Crippen LogP contribution in [0.4, 0.5) is 4.39 Å². The van der Waals surface area contributed by atoms with Gasteiger partial charge in [0.1, 0.15) is 18.1 Å². The summed E-state index contributed by atoms with van der Waals surface area (Å²) in [4.78, 5) is 8.41. The summed E-state index contributed by atoms with van der Waals surface area (Å²) in [5, 5.41) is 0. The first-order valence-electron chi connectivity index (χ1n) is 5.29. The fourth-order valence-corrected chi connectivity index (χ4v) is 1.46. The standard InChI is InChI=1S/C12H15FN2O/c1-12(2,3)10-7-16-11(15-10)9-5-4-8(13)6-14-9/h4-6,10H,7H2,1-3H3. The van der Waals surface area contributed by atoms with Crippen LogP contribution in [0.2, 0.25) is 0 Å². The smallest absolute Gasteiger partial charge is 0.235 e. The zero-order valence-electron chi connectivity index (χ0n) is 9.70. The molecule has 1 atom stereocenters. The van der Waals surface area contributed by atoms with Crippen molar-refractivity contribution in [3.63, 3.8) is 0 Å².